The van der Waals surface area contributed by atoms with Gasteiger partial charge in [-0.15, -0.1) is 0 Å². The van der Waals surface area contributed by atoms with Gasteiger partial charge in [-0.3, -0.25) is 4.79 Å². The second-order valence-corrected chi connectivity index (χ2v) is 9.37. The van der Waals surface area contributed by atoms with E-state index in [0.29, 0.717) is 29.3 Å². The molecule has 1 fully saturated rings. The number of rotatable bonds is 9. The second kappa shape index (κ2) is 12.1. The van der Waals surface area contributed by atoms with Crippen LogP contribution in [0.5, 0.6) is 0 Å². The maximum Gasteiger partial charge on any atom is 0.327 e. The Hall–Kier alpha value is -2.97. The van der Waals surface area contributed by atoms with Gasteiger partial charge in [0, 0.05) is 19.3 Å². The predicted molar refractivity (Wildman–Crippen MR) is 140 cm³/mol. The molecule has 1 saturated heterocycles. The third kappa shape index (κ3) is 6.18. The maximum absolute atomic E-state index is 13.3. The molecule has 2 aliphatic heterocycles. The standard InChI is InChI=1S/C27H38N6O2/c1-3-31(4-2)17-8-9-21-13-18-32(19-14-21)20-16-29-27(35)33-24-12-6-5-10-22(24)26(34)30-23-11-7-15-28-25(23)33/h5-7,10-12,15,21H,3-4,8-9,13-14,16-20H2,1-2H3,(H,29,35)(H,30,34). The molecule has 35 heavy (non-hydrogen) atoms. The summed E-state index contributed by atoms with van der Waals surface area (Å²) in [6.45, 7) is 11.5. The molecule has 8 nitrogen and oxygen atoms in total. The van der Waals surface area contributed by atoms with E-state index >= 15 is 0 Å². The molecular formula is C27H38N6O2. The van der Waals surface area contributed by atoms with Crippen molar-refractivity contribution >= 4 is 29.1 Å². The van der Waals surface area contributed by atoms with Crippen LogP contribution in [0.2, 0.25) is 0 Å². The molecule has 1 aromatic heterocycles. The zero-order valence-electron chi connectivity index (χ0n) is 21.0. The number of urea groups is 1. The summed E-state index contributed by atoms with van der Waals surface area (Å²) in [5.41, 5.74) is 1.50. The minimum atomic E-state index is -0.278. The molecule has 2 aromatic rings. The number of nitrogens with zero attached hydrogens (tertiary/aromatic N) is 4. The van der Waals surface area contributed by atoms with Crippen molar-refractivity contribution in [2.24, 2.45) is 5.92 Å². The third-order valence-corrected chi connectivity index (χ3v) is 7.23. The molecule has 0 atom stereocenters. The number of anilines is 3. The lowest BCUT2D eigenvalue weighted by Gasteiger charge is -2.32. The zero-order valence-corrected chi connectivity index (χ0v) is 21.0. The molecule has 0 spiro atoms. The Labute approximate surface area is 208 Å². The van der Waals surface area contributed by atoms with Crippen LogP contribution in [0.25, 0.3) is 0 Å². The summed E-state index contributed by atoms with van der Waals surface area (Å²) in [4.78, 5) is 36.9. The Kier molecular flexibility index (Phi) is 8.71. The first-order valence-electron chi connectivity index (χ1n) is 13.0. The lowest BCUT2D eigenvalue weighted by Crippen LogP contribution is -2.43. The fourth-order valence-electron chi connectivity index (χ4n) is 5.08. The lowest BCUT2D eigenvalue weighted by molar-refractivity contribution is 0.102. The van der Waals surface area contributed by atoms with Gasteiger partial charge in [0.25, 0.3) is 5.91 Å². The number of pyridine rings is 1. The number of carbonyl (C=O) groups excluding carboxylic acids is 2. The highest BCUT2D eigenvalue weighted by molar-refractivity contribution is 6.16. The summed E-state index contributed by atoms with van der Waals surface area (Å²) in [6.07, 6.45) is 6.69. The first kappa shape index (κ1) is 25.1. The lowest BCUT2D eigenvalue weighted by atomic mass is 9.92. The van der Waals surface area contributed by atoms with Crippen LogP contribution in [0.15, 0.2) is 42.6 Å². The van der Waals surface area contributed by atoms with Gasteiger partial charge in [0.05, 0.1) is 16.9 Å². The van der Waals surface area contributed by atoms with Crippen molar-refractivity contribution in [3.05, 3.63) is 48.2 Å². The number of piperidine rings is 1. The van der Waals surface area contributed by atoms with Crippen LogP contribution in [0.4, 0.5) is 22.0 Å². The van der Waals surface area contributed by atoms with E-state index in [1.165, 1.54) is 37.1 Å². The number of benzene rings is 1. The monoisotopic (exact) mass is 478 g/mol. The number of carbonyl (C=O) groups is 2. The number of para-hydroxylation sites is 1. The van der Waals surface area contributed by atoms with Gasteiger partial charge in [-0.2, -0.15) is 0 Å². The van der Waals surface area contributed by atoms with Crippen molar-refractivity contribution < 1.29 is 9.59 Å². The van der Waals surface area contributed by atoms with Crippen molar-refractivity contribution in [1.29, 1.82) is 0 Å². The molecule has 2 N–H and O–H groups in total. The molecule has 0 unspecified atom stereocenters. The van der Waals surface area contributed by atoms with E-state index in [4.69, 9.17) is 0 Å². The third-order valence-electron chi connectivity index (χ3n) is 7.23. The van der Waals surface area contributed by atoms with E-state index in [-0.39, 0.29) is 11.9 Å². The summed E-state index contributed by atoms with van der Waals surface area (Å²) in [5.74, 6) is 0.997. The van der Waals surface area contributed by atoms with E-state index in [1.807, 2.05) is 6.07 Å². The first-order chi connectivity index (χ1) is 17.1. The average Bonchev–Trinajstić information content (AvgIpc) is 3.01. The van der Waals surface area contributed by atoms with E-state index in [9.17, 15) is 9.59 Å². The predicted octanol–water partition coefficient (Wildman–Crippen LogP) is 4.33. The van der Waals surface area contributed by atoms with Gasteiger partial charge < -0.3 is 20.4 Å². The topological polar surface area (TPSA) is 80.8 Å². The Morgan fingerprint density at radius 3 is 2.69 bits per heavy atom. The van der Waals surface area contributed by atoms with Crippen molar-refractivity contribution in [2.45, 2.75) is 39.5 Å². The quantitative estimate of drug-likeness (QED) is 0.561. The maximum atomic E-state index is 13.3. The Morgan fingerprint density at radius 1 is 1.14 bits per heavy atom. The van der Waals surface area contributed by atoms with Crippen molar-refractivity contribution in [2.75, 3.05) is 56.0 Å². The SMILES string of the molecule is CCN(CC)CCCC1CCN(CCNC(=O)N2c3ccccc3C(=O)Nc3cccnc32)CC1. The molecule has 1 aromatic carbocycles. The van der Waals surface area contributed by atoms with Crippen LogP contribution < -0.4 is 15.5 Å². The fourth-order valence-corrected chi connectivity index (χ4v) is 5.08. The number of fused-ring (bicyclic) bond motifs is 2. The molecule has 0 aliphatic carbocycles. The minimum absolute atomic E-state index is 0.245. The highest BCUT2D eigenvalue weighted by atomic mass is 16.2. The highest BCUT2D eigenvalue weighted by Crippen LogP contribution is 2.36. The smallest absolute Gasteiger partial charge is 0.327 e. The van der Waals surface area contributed by atoms with E-state index in [2.05, 4.69) is 39.3 Å². The molecule has 2 aliphatic rings. The number of aromatic nitrogens is 1. The largest absolute Gasteiger partial charge is 0.336 e. The Bertz CT molecular complexity index is 1000. The molecular weight excluding hydrogens is 440 g/mol. The van der Waals surface area contributed by atoms with E-state index < -0.39 is 0 Å². The van der Waals surface area contributed by atoms with Gasteiger partial charge in [0.1, 0.15) is 0 Å². The average molecular weight is 479 g/mol. The second-order valence-electron chi connectivity index (χ2n) is 9.37. The summed E-state index contributed by atoms with van der Waals surface area (Å²) in [5, 5.41) is 5.92. The Morgan fingerprint density at radius 2 is 1.91 bits per heavy atom. The van der Waals surface area contributed by atoms with Gasteiger partial charge in [-0.1, -0.05) is 26.0 Å². The minimum Gasteiger partial charge on any atom is -0.336 e. The van der Waals surface area contributed by atoms with E-state index in [0.717, 1.165) is 38.6 Å². The highest BCUT2D eigenvalue weighted by Gasteiger charge is 2.30. The van der Waals surface area contributed by atoms with Crippen LogP contribution in [0.3, 0.4) is 0 Å². The molecule has 0 radical (unpaired) electrons. The van der Waals surface area contributed by atoms with E-state index in [1.54, 1.807) is 36.5 Å². The molecule has 3 amide bonds. The fraction of sp³-hybridized carbons (Fsp3) is 0.519. The molecule has 4 rings (SSSR count). The van der Waals surface area contributed by atoms with Gasteiger partial charge >= 0.3 is 6.03 Å². The molecule has 0 bridgehead atoms. The number of amides is 3. The van der Waals surface area contributed by atoms with Gasteiger partial charge in [-0.05, 0) is 88.6 Å². The Balaban J connectivity index is 1.29. The molecule has 3 heterocycles. The van der Waals surface area contributed by atoms with Crippen LogP contribution >= 0.6 is 0 Å². The summed E-state index contributed by atoms with van der Waals surface area (Å²) in [6, 6.07) is 10.4. The molecule has 8 heteroatoms. The van der Waals surface area contributed by atoms with Crippen LogP contribution in [-0.4, -0.2) is 72.5 Å². The normalized spacial score (nSPS) is 16.4. The summed E-state index contributed by atoms with van der Waals surface area (Å²) in [7, 11) is 0. The van der Waals surface area contributed by atoms with Crippen LogP contribution in [0.1, 0.15) is 49.9 Å². The molecule has 0 saturated carbocycles. The zero-order chi connectivity index (χ0) is 24.6. The van der Waals surface area contributed by atoms with Gasteiger partial charge in [0.2, 0.25) is 0 Å². The van der Waals surface area contributed by atoms with Gasteiger partial charge in [-0.25, -0.2) is 14.7 Å². The van der Waals surface area contributed by atoms with Crippen LogP contribution in [-0.2, 0) is 0 Å². The number of likely N-dealkylation sites (tertiary alicyclic amines) is 1. The number of hydrogen-bond donors (Lipinski definition) is 2. The number of nitrogens with one attached hydrogen (secondary N) is 2. The van der Waals surface area contributed by atoms with Crippen molar-refractivity contribution in [3.8, 4) is 0 Å². The van der Waals surface area contributed by atoms with Crippen LogP contribution in [0, 0.1) is 5.92 Å². The summed E-state index contributed by atoms with van der Waals surface area (Å²) >= 11 is 0. The van der Waals surface area contributed by atoms with Gasteiger partial charge in [0.15, 0.2) is 5.82 Å². The number of hydrogen-bond acceptors (Lipinski definition) is 5. The molecule has 188 valence electrons. The summed E-state index contributed by atoms with van der Waals surface area (Å²) < 4.78 is 0. The first-order valence-corrected chi connectivity index (χ1v) is 13.0. The van der Waals surface area contributed by atoms with Crippen molar-refractivity contribution in [1.82, 2.24) is 20.1 Å². The van der Waals surface area contributed by atoms with Crippen molar-refractivity contribution in [3.63, 3.8) is 0 Å².